The van der Waals surface area contributed by atoms with Crippen LogP contribution in [0.5, 0.6) is 0 Å². The lowest BCUT2D eigenvalue weighted by Crippen LogP contribution is -2.19. The van der Waals surface area contributed by atoms with Crippen molar-refractivity contribution in [3.63, 3.8) is 0 Å². The monoisotopic (exact) mass is 278 g/mol. The summed E-state index contributed by atoms with van der Waals surface area (Å²) in [5.74, 6) is 2.50. The van der Waals surface area contributed by atoms with E-state index in [1.165, 1.54) is 29.5 Å². The van der Waals surface area contributed by atoms with Crippen LogP contribution < -0.4 is 5.73 Å². The van der Waals surface area contributed by atoms with E-state index < -0.39 is 0 Å². The van der Waals surface area contributed by atoms with E-state index in [9.17, 15) is 0 Å². The van der Waals surface area contributed by atoms with Gasteiger partial charge in [-0.15, -0.1) is 0 Å². The molecule has 1 aromatic rings. The first kappa shape index (κ1) is 14.3. The number of amidine groups is 1. The van der Waals surface area contributed by atoms with Gasteiger partial charge >= 0.3 is 0 Å². The van der Waals surface area contributed by atoms with Crippen LogP contribution in [0.25, 0.3) is 0 Å². The minimum absolute atomic E-state index is 0.292. The molecule has 1 saturated carbocycles. The van der Waals surface area contributed by atoms with Gasteiger partial charge in [-0.05, 0) is 43.4 Å². The first-order valence-corrected chi connectivity index (χ1v) is 7.80. The Hall–Kier alpha value is -1.16. The van der Waals surface area contributed by atoms with Gasteiger partial charge in [-0.3, -0.25) is 0 Å². The van der Waals surface area contributed by atoms with Crippen LogP contribution in [0.1, 0.15) is 36.0 Å². The van der Waals surface area contributed by atoms with Crippen molar-refractivity contribution in [1.29, 1.82) is 0 Å². The van der Waals surface area contributed by atoms with Crippen LogP contribution in [0, 0.1) is 19.3 Å². The molecule has 104 valence electrons. The molecular weight excluding hydrogens is 256 g/mol. The third kappa shape index (κ3) is 4.16. The van der Waals surface area contributed by atoms with Crippen LogP contribution in [0.4, 0.5) is 0 Å². The molecule has 4 heteroatoms. The summed E-state index contributed by atoms with van der Waals surface area (Å²) in [5.41, 5.74) is 9.95. The second kappa shape index (κ2) is 5.87. The second-order valence-corrected chi connectivity index (χ2v) is 6.74. The number of rotatable bonds is 6. The lowest BCUT2D eigenvalue weighted by Gasteiger charge is -2.13. The molecule has 0 unspecified atom stereocenters. The highest BCUT2D eigenvalue weighted by molar-refractivity contribution is 7.98. The molecule has 1 aromatic carbocycles. The molecule has 1 aliphatic carbocycles. The molecule has 0 saturated heterocycles. The fourth-order valence-electron chi connectivity index (χ4n) is 2.51. The fraction of sp³-hybridized carbons (Fsp3) is 0.533. The Kier molecular flexibility index (Phi) is 4.40. The number of hydrogen-bond acceptors (Lipinski definition) is 3. The maximum Gasteiger partial charge on any atom is 0.139 e. The molecular formula is C15H22N2OS. The van der Waals surface area contributed by atoms with Crippen LogP contribution >= 0.6 is 11.8 Å². The molecule has 0 atom stereocenters. The fourth-order valence-corrected chi connectivity index (χ4v) is 3.83. The normalized spacial score (nSPS) is 17.5. The van der Waals surface area contributed by atoms with Crippen LogP contribution in [0.15, 0.2) is 23.4 Å². The number of oxime groups is 1. The molecule has 0 bridgehead atoms. The van der Waals surface area contributed by atoms with Crippen molar-refractivity contribution in [2.24, 2.45) is 16.3 Å². The largest absolute Gasteiger partial charge is 0.409 e. The third-order valence-corrected chi connectivity index (χ3v) is 4.95. The van der Waals surface area contributed by atoms with Crippen LogP contribution in [-0.4, -0.2) is 16.8 Å². The van der Waals surface area contributed by atoms with E-state index >= 15 is 0 Å². The zero-order valence-corrected chi connectivity index (χ0v) is 12.5. The first-order chi connectivity index (χ1) is 9.03. The SMILES string of the molecule is Cc1cc(C)cc(CSCC2(CC(N)=NO)CC2)c1. The molecule has 0 radical (unpaired) electrons. The Bertz CT molecular complexity index is 461. The summed E-state index contributed by atoms with van der Waals surface area (Å²) in [6.45, 7) is 4.28. The maximum atomic E-state index is 8.65. The van der Waals surface area contributed by atoms with E-state index in [0.717, 1.165) is 17.9 Å². The lowest BCUT2D eigenvalue weighted by molar-refractivity contribution is 0.315. The Balaban J connectivity index is 1.83. The molecule has 0 amide bonds. The van der Waals surface area contributed by atoms with Crippen molar-refractivity contribution >= 4 is 17.6 Å². The van der Waals surface area contributed by atoms with Gasteiger partial charge in [-0.25, -0.2) is 0 Å². The van der Waals surface area contributed by atoms with E-state index in [0.29, 0.717) is 11.3 Å². The molecule has 3 nitrogen and oxygen atoms in total. The summed E-state index contributed by atoms with van der Waals surface area (Å²) in [6.07, 6.45) is 3.12. The van der Waals surface area contributed by atoms with E-state index in [1.807, 2.05) is 11.8 Å². The minimum atomic E-state index is 0.292. The summed E-state index contributed by atoms with van der Waals surface area (Å²) in [7, 11) is 0. The number of aryl methyl sites for hydroxylation is 2. The lowest BCUT2D eigenvalue weighted by atomic mass is 10.1. The van der Waals surface area contributed by atoms with Crippen molar-refractivity contribution in [1.82, 2.24) is 0 Å². The Morgan fingerprint density at radius 3 is 2.47 bits per heavy atom. The molecule has 19 heavy (non-hydrogen) atoms. The summed E-state index contributed by atoms with van der Waals surface area (Å²) >= 11 is 1.95. The average molecular weight is 278 g/mol. The predicted octanol–water partition coefficient (Wildman–Crippen LogP) is 3.45. The van der Waals surface area contributed by atoms with E-state index in [1.54, 1.807) is 0 Å². The van der Waals surface area contributed by atoms with Crippen molar-refractivity contribution in [2.75, 3.05) is 5.75 Å². The van der Waals surface area contributed by atoms with E-state index in [-0.39, 0.29) is 0 Å². The van der Waals surface area contributed by atoms with E-state index in [4.69, 9.17) is 10.9 Å². The Labute approximate surface area is 119 Å². The number of nitrogens with two attached hydrogens (primary N) is 1. The topological polar surface area (TPSA) is 58.6 Å². The van der Waals surface area contributed by atoms with Crippen molar-refractivity contribution in [3.8, 4) is 0 Å². The second-order valence-electron chi connectivity index (χ2n) is 5.76. The van der Waals surface area contributed by atoms with Gasteiger partial charge in [-0.1, -0.05) is 34.5 Å². The highest BCUT2D eigenvalue weighted by Gasteiger charge is 2.42. The third-order valence-electron chi connectivity index (χ3n) is 3.60. The average Bonchev–Trinajstić information content (AvgIpc) is 3.07. The van der Waals surface area contributed by atoms with Gasteiger partial charge in [0, 0.05) is 12.2 Å². The standard InChI is InChI=1S/C15H22N2OS/c1-11-5-12(2)7-13(6-11)9-19-10-15(3-4-15)8-14(16)17-18/h5-7,18H,3-4,8-10H2,1-2H3,(H2,16,17). The number of benzene rings is 1. The van der Waals surface area contributed by atoms with Gasteiger partial charge in [0.1, 0.15) is 5.84 Å². The molecule has 1 fully saturated rings. The molecule has 0 aromatic heterocycles. The summed E-state index contributed by atoms with van der Waals surface area (Å²) in [5, 5.41) is 11.7. The minimum Gasteiger partial charge on any atom is -0.409 e. The number of nitrogens with zero attached hydrogens (tertiary/aromatic N) is 1. The van der Waals surface area contributed by atoms with Gasteiger partial charge in [0.05, 0.1) is 0 Å². The Morgan fingerprint density at radius 2 is 1.95 bits per heavy atom. The van der Waals surface area contributed by atoms with Gasteiger partial charge in [0.2, 0.25) is 0 Å². The van der Waals surface area contributed by atoms with Crippen LogP contribution in [0.2, 0.25) is 0 Å². The summed E-state index contributed by atoms with van der Waals surface area (Å²) < 4.78 is 0. The molecule has 2 rings (SSSR count). The van der Waals surface area contributed by atoms with Crippen molar-refractivity contribution in [3.05, 3.63) is 34.9 Å². The highest BCUT2D eigenvalue weighted by Crippen LogP contribution is 2.51. The zero-order valence-electron chi connectivity index (χ0n) is 11.6. The predicted molar refractivity (Wildman–Crippen MR) is 81.8 cm³/mol. The first-order valence-electron chi connectivity index (χ1n) is 6.64. The van der Waals surface area contributed by atoms with Gasteiger partial charge < -0.3 is 10.9 Å². The Morgan fingerprint density at radius 1 is 1.32 bits per heavy atom. The molecule has 0 aliphatic heterocycles. The molecule has 0 spiro atoms. The maximum absolute atomic E-state index is 8.65. The number of thioether (sulfide) groups is 1. The van der Waals surface area contributed by atoms with Crippen molar-refractivity contribution < 1.29 is 5.21 Å². The van der Waals surface area contributed by atoms with Gasteiger partial charge in [-0.2, -0.15) is 11.8 Å². The van der Waals surface area contributed by atoms with Gasteiger partial charge in [0.15, 0.2) is 0 Å². The van der Waals surface area contributed by atoms with Crippen LogP contribution in [-0.2, 0) is 5.75 Å². The smallest absolute Gasteiger partial charge is 0.139 e. The van der Waals surface area contributed by atoms with E-state index in [2.05, 4.69) is 37.2 Å². The van der Waals surface area contributed by atoms with Gasteiger partial charge in [0.25, 0.3) is 0 Å². The molecule has 0 heterocycles. The highest BCUT2D eigenvalue weighted by atomic mass is 32.2. The molecule has 1 aliphatic rings. The van der Waals surface area contributed by atoms with Crippen LogP contribution in [0.3, 0.4) is 0 Å². The zero-order chi connectivity index (χ0) is 13.9. The molecule has 3 N–H and O–H groups in total. The summed E-state index contributed by atoms with van der Waals surface area (Å²) in [6, 6.07) is 6.71. The van der Waals surface area contributed by atoms with Crippen molar-refractivity contribution in [2.45, 2.75) is 38.9 Å². The quantitative estimate of drug-likeness (QED) is 0.362. The number of hydrogen-bond donors (Lipinski definition) is 2. The summed E-state index contributed by atoms with van der Waals surface area (Å²) in [4.78, 5) is 0.